The number of ether oxygens (including phenoxy) is 4. The number of benzene rings is 3. The van der Waals surface area contributed by atoms with Gasteiger partial charge in [-0.05, 0) is 41.0 Å². The summed E-state index contributed by atoms with van der Waals surface area (Å²) in [6, 6.07) is 24.7. The van der Waals surface area contributed by atoms with Crippen LogP contribution in [0, 0.1) is 5.92 Å². The number of amides is 1. The molecule has 5 aromatic rings. The first kappa shape index (κ1) is 34.9. The Morgan fingerprint density at radius 1 is 1.02 bits per heavy atom. The van der Waals surface area contributed by atoms with Crippen LogP contribution in [-0.4, -0.2) is 63.4 Å². The van der Waals surface area contributed by atoms with Crippen molar-refractivity contribution in [3.8, 4) is 11.5 Å². The lowest BCUT2D eigenvalue weighted by Gasteiger charge is -2.37. The highest BCUT2D eigenvalue weighted by Crippen LogP contribution is 2.44. The van der Waals surface area contributed by atoms with E-state index in [1.807, 2.05) is 78.9 Å². The van der Waals surface area contributed by atoms with Crippen molar-refractivity contribution in [3.05, 3.63) is 112 Å². The molecule has 6 rings (SSSR count). The van der Waals surface area contributed by atoms with Crippen LogP contribution in [0.15, 0.2) is 90.0 Å². The molecule has 1 aliphatic rings. The third-order valence-electron chi connectivity index (χ3n) is 8.55. The number of carbonyl (C=O) groups is 1. The van der Waals surface area contributed by atoms with Gasteiger partial charge >= 0.3 is 8.25 Å². The summed E-state index contributed by atoms with van der Waals surface area (Å²) in [5.41, 5.74) is 0.835. The molecule has 1 aliphatic heterocycles. The van der Waals surface area contributed by atoms with E-state index >= 15 is 0 Å². The number of aromatic amines is 1. The van der Waals surface area contributed by atoms with Crippen LogP contribution >= 0.6 is 8.25 Å². The van der Waals surface area contributed by atoms with E-state index in [-0.39, 0.29) is 42.0 Å². The van der Waals surface area contributed by atoms with Crippen LogP contribution in [0.5, 0.6) is 11.5 Å². The number of carbonyl (C=O) groups excluding carboxylic acids is 1. The topological polar surface area (TPSA) is 176 Å². The van der Waals surface area contributed by atoms with E-state index in [1.54, 1.807) is 28.1 Å². The lowest BCUT2D eigenvalue weighted by molar-refractivity contribution is -0.118. The highest BCUT2D eigenvalue weighted by Gasteiger charge is 2.46. The molecule has 0 aliphatic carbocycles. The van der Waals surface area contributed by atoms with Crippen LogP contribution in [0.2, 0.25) is 0 Å². The van der Waals surface area contributed by atoms with Gasteiger partial charge < -0.3 is 18.9 Å². The molecule has 3 N–H and O–H groups in total. The van der Waals surface area contributed by atoms with Crippen molar-refractivity contribution in [1.82, 2.24) is 19.5 Å². The first-order chi connectivity index (χ1) is 24.1. The van der Waals surface area contributed by atoms with Gasteiger partial charge in [-0.15, -0.1) is 9.42 Å². The maximum Gasteiger partial charge on any atom is 0.695 e. The largest absolute Gasteiger partial charge is 0.695 e. The van der Waals surface area contributed by atoms with E-state index < -0.39 is 37.9 Å². The number of rotatable bonds is 13. The molecule has 260 valence electrons. The zero-order valence-corrected chi connectivity index (χ0v) is 28.7. The molecule has 1 unspecified atom stereocenters. The van der Waals surface area contributed by atoms with Crippen molar-refractivity contribution < 1.29 is 37.7 Å². The van der Waals surface area contributed by atoms with Gasteiger partial charge in [0.1, 0.15) is 35.5 Å². The lowest BCUT2D eigenvalue weighted by Crippen LogP contribution is -2.38. The molecule has 0 bridgehead atoms. The Kier molecular flexibility index (Phi) is 10.4. The molecule has 0 spiro atoms. The summed E-state index contributed by atoms with van der Waals surface area (Å²) < 4.78 is 43.4. The highest BCUT2D eigenvalue weighted by molar-refractivity contribution is 7.32. The number of methoxy groups -OCH3 is 2. The second-order valence-electron chi connectivity index (χ2n) is 11.9. The first-order valence-electron chi connectivity index (χ1n) is 15.9. The number of imidazole rings is 1. The number of nitrogens with zero attached hydrogens (tertiary/aromatic N) is 3. The average molecular weight is 703 g/mol. The van der Waals surface area contributed by atoms with Crippen molar-refractivity contribution in [2.24, 2.45) is 5.92 Å². The Labute approximate surface area is 288 Å². The molecule has 4 atom stereocenters. The number of H-pyrrole nitrogens is 1. The van der Waals surface area contributed by atoms with Crippen LogP contribution in [0.3, 0.4) is 0 Å². The third-order valence-corrected chi connectivity index (χ3v) is 9.00. The van der Waals surface area contributed by atoms with Gasteiger partial charge in [0.2, 0.25) is 11.9 Å². The molecule has 0 radical (unpaired) electrons. The maximum atomic E-state index is 12.9. The van der Waals surface area contributed by atoms with E-state index in [0.717, 1.165) is 16.7 Å². The van der Waals surface area contributed by atoms with Gasteiger partial charge in [0.25, 0.3) is 5.56 Å². The normalized spacial score (nSPS) is 18.0. The summed E-state index contributed by atoms with van der Waals surface area (Å²) >= 11 is 0. The summed E-state index contributed by atoms with van der Waals surface area (Å²) in [4.78, 5) is 46.2. The SMILES string of the molecule is COc1ccc(C(OC[C@H]2O[C@@H](n3cnc4c(=O)[nH]c(NC(=O)C(C)C)nc43)C[C@@H]2O[P+](=O)O)(c2ccccc2)c2ccc(OC)cc2)cc1. The minimum atomic E-state index is -3.01. The van der Waals surface area contributed by atoms with Crippen molar-refractivity contribution in [3.63, 3.8) is 0 Å². The molecule has 50 heavy (non-hydrogen) atoms. The Bertz CT molecular complexity index is 1970. The predicted molar refractivity (Wildman–Crippen MR) is 183 cm³/mol. The standard InChI is InChI=1S/C35H36N5O9P/c1-21(2)32(41)38-34-37-31-30(33(42)39-34)36-20-40(31)29-18-27(49-50(43)44)28(48-29)19-47-35(22-8-6-5-7-9-22,23-10-14-25(45-3)15-11-23)24-12-16-26(46-4)17-13-24/h5-17,20-21,27-29H,18-19H2,1-4H3,(H2-,37,38,39,41,42,43,44)/p+1/t27-,28+,29+/m0/s1. The monoisotopic (exact) mass is 702 g/mol. The second-order valence-corrected chi connectivity index (χ2v) is 12.6. The predicted octanol–water partition coefficient (Wildman–Crippen LogP) is 5.06. The number of hydrogen-bond donors (Lipinski definition) is 3. The molecule has 0 saturated carbocycles. The minimum absolute atomic E-state index is 0.0312. The van der Waals surface area contributed by atoms with Gasteiger partial charge in [0.15, 0.2) is 11.2 Å². The van der Waals surface area contributed by atoms with Crippen molar-refractivity contribution in [2.75, 3.05) is 26.1 Å². The number of anilines is 1. The summed E-state index contributed by atoms with van der Waals surface area (Å²) in [5, 5.41) is 2.60. The Hall–Kier alpha value is -4.98. The fraction of sp³-hybridized carbons (Fsp3) is 0.314. The van der Waals surface area contributed by atoms with Gasteiger partial charge in [-0.25, -0.2) is 4.98 Å². The van der Waals surface area contributed by atoms with E-state index in [9.17, 15) is 19.0 Å². The van der Waals surface area contributed by atoms with Crippen molar-refractivity contribution in [2.45, 2.75) is 44.3 Å². The maximum absolute atomic E-state index is 12.9. The molecule has 3 heterocycles. The molecule has 1 saturated heterocycles. The molecule has 1 fully saturated rings. The third kappa shape index (κ3) is 7.02. The van der Waals surface area contributed by atoms with E-state index in [2.05, 4.69) is 20.3 Å². The van der Waals surface area contributed by atoms with Crippen molar-refractivity contribution >= 4 is 31.3 Å². The quantitative estimate of drug-likeness (QED) is 0.110. The summed E-state index contributed by atoms with van der Waals surface area (Å²) in [7, 11) is 0.175. The molecule has 15 heteroatoms. The van der Waals surface area contributed by atoms with Gasteiger partial charge in [0, 0.05) is 16.9 Å². The Morgan fingerprint density at radius 3 is 2.18 bits per heavy atom. The van der Waals surface area contributed by atoms with Gasteiger partial charge in [-0.3, -0.25) is 24.5 Å². The van der Waals surface area contributed by atoms with Crippen LogP contribution in [0.25, 0.3) is 11.2 Å². The van der Waals surface area contributed by atoms with E-state index in [1.165, 1.54) is 10.9 Å². The van der Waals surface area contributed by atoms with Gasteiger partial charge in [-0.1, -0.05) is 68.4 Å². The van der Waals surface area contributed by atoms with E-state index in [0.29, 0.717) is 11.5 Å². The molecular formula is C35H37N5O9P+. The highest BCUT2D eigenvalue weighted by atomic mass is 31.1. The van der Waals surface area contributed by atoms with Crippen LogP contribution < -0.4 is 20.3 Å². The zero-order valence-electron chi connectivity index (χ0n) is 27.8. The fourth-order valence-corrected chi connectivity index (χ4v) is 6.44. The zero-order chi connectivity index (χ0) is 35.4. The average Bonchev–Trinajstić information content (AvgIpc) is 3.73. The number of nitrogens with one attached hydrogen (secondary N) is 2. The fourth-order valence-electron chi connectivity index (χ4n) is 5.99. The molecule has 3 aromatic carbocycles. The second kappa shape index (κ2) is 14.9. The summed E-state index contributed by atoms with van der Waals surface area (Å²) in [6.45, 7) is 3.34. The molecule has 14 nitrogen and oxygen atoms in total. The van der Waals surface area contributed by atoms with Gasteiger partial charge in [0.05, 0.1) is 27.2 Å². The first-order valence-corrected chi connectivity index (χ1v) is 17.0. The van der Waals surface area contributed by atoms with Crippen LogP contribution in [0.4, 0.5) is 5.95 Å². The number of aromatic nitrogens is 4. The molecule has 2 aromatic heterocycles. The molecule has 1 amide bonds. The number of fused-ring (bicyclic) bond motifs is 1. The minimum Gasteiger partial charge on any atom is -0.497 e. The smallest absolute Gasteiger partial charge is 0.497 e. The number of hydrogen-bond acceptors (Lipinski definition) is 10. The van der Waals surface area contributed by atoms with Crippen molar-refractivity contribution in [1.29, 1.82) is 0 Å². The molecular weight excluding hydrogens is 665 g/mol. The Morgan fingerprint density at radius 2 is 1.62 bits per heavy atom. The lowest BCUT2D eigenvalue weighted by atomic mass is 9.80. The van der Waals surface area contributed by atoms with E-state index in [4.69, 9.17) is 23.5 Å². The Balaban J connectivity index is 1.38. The summed E-state index contributed by atoms with van der Waals surface area (Å²) in [5.74, 6) is 0.610. The van der Waals surface area contributed by atoms with Crippen LogP contribution in [-0.2, 0) is 29.0 Å². The van der Waals surface area contributed by atoms with Gasteiger partial charge in [-0.2, -0.15) is 4.98 Å². The summed E-state index contributed by atoms with van der Waals surface area (Å²) in [6.07, 6.45) is -1.07. The van der Waals surface area contributed by atoms with Crippen LogP contribution in [0.1, 0.15) is 43.2 Å².